The number of hydrogen-bond acceptors (Lipinski definition) is 7. The van der Waals surface area contributed by atoms with Crippen LogP contribution in [0, 0.1) is 5.41 Å². The number of morpholine rings is 1. The Morgan fingerprint density at radius 1 is 1.17 bits per heavy atom. The monoisotopic (exact) mass is 410 g/mol. The van der Waals surface area contributed by atoms with Crippen molar-refractivity contribution in [2.45, 2.75) is 38.5 Å². The van der Waals surface area contributed by atoms with E-state index in [4.69, 9.17) is 4.74 Å². The molecule has 2 N–H and O–H groups in total. The predicted molar refractivity (Wildman–Crippen MR) is 105 cm³/mol. The van der Waals surface area contributed by atoms with E-state index in [0.29, 0.717) is 12.2 Å². The molecule has 0 aromatic carbocycles. The first-order valence-electron chi connectivity index (χ1n) is 9.86. The van der Waals surface area contributed by atoms with Gasteiger partial charge >= 0.3 is 6.03 Å². The lowest BCUT2D eigenvalue weighted by Gasteiger charge is -2.55. The van der Waals surface area contributed by atoms with Gasteiger partial charge in [0.2, 0.25) is 11.8 Å². The van der Waals surface area contributed by atoms with Crippen LogP contribution >= 0.6 is 0 Å². The van der Waals surface area contributed by atoms with E-state index in [-0.39, 0.29) is 12.5 Å². The van der Waals surface area contributed by atoms with Crippen molar-refractivity contribution < 1.29 is 19.1 Å². The molecule has 3 aliphatic rings. The van der Waals surface area contributed by atoms with Gasteiger partial charge in [0, 0.05) is 31.8 Å². The zero-order chi connectivity index (χ0) is 21.2. The van der Waals surface area contributed by atoms with Gasteiger partial charge in [-0.2, -0.15) is 5.10 Å². The molecule has 0 bridgehead atoms. The van der Waals surface area contributed by atoms with E-state index < -0.39 is 35.4 Å². The minimum absolute atomic E-state index is 0.0893. The third-order valence-electron chi connectivity index (χ3n) is 6.20. The number of pyridine rings is 1. The highest BCUT2D eigenvalue weighted by atomic mass is 16.5. The lowest BCUT2D eigenvalue weighted by molar-refractivity contribution is -0.153. The second-order valence-corrected chi connectivity index (χ2v) is 8.24. The van der Waals surface area contributed by atoms with E-state index in [0.717, 1.165) is 16.8 Å². The molecule has 2 aromatic heterocycles. The van der Waals surface area contributed by atoms with Crippen molar-refractivity contribution in [2.24, 2.45) is 12.5 Å². The number of amides is 4. The summed E-state index contributed by atoms with van der Waals surface area (Å²) < 4.78 is 7.69. The van der Waals surface area contributed by atoms with Crippen LogP contribution in [-0.2, 0) is 27.8 Å². The number of carbonyl (C=O) groups is 3. The Bertz CT molecular complexity index is 1060. The summed E-state index contributed by atoms with van der Waals surface area (Å²) in [5.74, 6) is -1.19. The summed E-state index contributed by atoms with van der Waals surface area (Å²) in [5.41, 5.74) is 1.76. The molecular formula is C20H22N6O4. The van der Waals surface area contributed by atoms with Gasteiger partial charge in [-0.05, 0) is 25.5 Å². The second kappa shape index (κ2) is 6.36. The molecule has 2 aromatic rings. The number of nitrogens with zero attached hydrogens (tertiary/aromatic N) is 4. The fraction of sp³-hybridized carbons (Fsp3) is 0.450. The standard InChI is InChI=1S/C20H22N6O4/c1-10-8-26-15-7-21-14(13-6-22-25(3)9-13)4-12(15)5-20(16(26)11(2)30-10)17(27)23-19(29)24-18(20)28/h4,6-7,9-11,16H,5,8H2,1-3H3,(H2,23,24,27,28,29)/t10-,11+,16-/m1/s1. The molecule has 10 heteroatoms. The number of aromatic nitrogens is 3. The van der Waals surface area contributed by atoms with E-state index in [1.165, 1.54) is 0 Å². The van der Waals surface area contributed by atoms with Crippen molar-refractivity contribution in [3.05, 3.63) is 30.2 Å². The maximum absolute atomic E-state index is 13.1. The first-order chi connectivity index (χ1) is 14.3. The van der Waals surface area contributed by atoms with Crippen LogP contribution in [-0.4, -0.2) is 57.4 Å². The number of aryl methyl sites for hydroxylation is 1. The predicted octanol–water partition coefficient (Wildman–Crippen LogP) is 0.373. The molecule has 4 amide bonds. The number of urea groups is 1. The van der Waals surface area contributed by atoms with Crippen LogP contribution in [0.15, 0.2) is 24.7 Å². The lowest BCUT2D eigenvalue weighted by Crippen LogP contribution is -2.75. The van der Waals surface area contributed by atoms with Gasteiger partial charge in [-0.1, -0.05) is 0 Å². The number of hydrogen-bond donors (Lipinski definition) is 2. The zero-order valence-electron chi connectivity index (χ0n) is 16.9. The smallest absolute Gasteiger partial charge is 0.328 e. The number of nitrogens with one attached hydrogen (secondary N) is 2. The molecule has 0 aliphatic carbocycles. The van der Waals surface area contributed by atoms with Gasteiger partial charge < -0.3 is 9.64 Å². The van der Waals surface area contributed by atoms with Crippen LogP contribution in [0.2, 0.25) is 0 Å². The molecule has 156 valence electrons. The number of carbonyl (C=O) groups excluding carboxylic acids is 3. The van der Waals surface area contributed by atoms with Crippen molar-refractivity contribution in [1.29, 1.82) is 0 Å². The number of rotatable bonds is 1. The Morgan fingerprint density at radius 2 is 1.90 bits per heavy atom. The molecule has 3 aliphatic heterocycles. The van der Waals surface area contributed by atoms with Gasteiger partial charge in [-0.15, -0.1) is 0 Å². The Hall–Kier alpha value is -3.27. The number of barbiturate groups is 1. The second-order valence-electron chi connectivity index (χ2n) is 8.24. The highest BCUT2D eigenvalue weighted by Gasteiger charge is 2.62. The topological polar surface area (TPSA) is 118 Å². The van der Waals surface area contributed by atoms with Crippen LogP contribution in [0.1, 0.15) is 19.4 Å². The molecule has 0 saturated carbocycles. The molecule has 0 unspecified atom stereocenters. The molecular weight excluding hydrogens is 388 g/mol. The average molecular weight is 410 g/mol. The Labute approximate surface area is 172 Å². The normalized spacial score (nSPS) is 27.4. The van der Waals surface area contributed by atoms with Gasteiger partial charge in [0.1, 0.15) is 0 Å². The summed E-state index contributed by atoms with van der Waals surface area (Å²) in [6.45, 7) is 4.32. The third-order valence-corrected chi connectivity index (χ3v) is 6.20. The summed E-state index contributed by atoms with van der Waals surface area (Å²) in [6, 6.07) is 0.545. The van der Waals surface area contributed by atoms with Crippen molar-refractivity contribution in [3.8, 4) is 11.3 Å². The maximum Gasteiger partial charge on any atom is 0.328 e. The molecule has 30 heavy (non-hydrogen) atoms. The fourth-order valence-electron chi connectivity index (χ4n) is 5.04. The minimum Gasteiger partial charge on any atom is -0.372 e. The number of fused-ring (bicyclic) bond motifs is 4. The quantitative estimate of drug-likeness (QED) is 0.652. The molecule has 0 radical (unpaired) electrons. The summed E-state index contributed by atoms with van der Waals surface area (Å²) in [5, 5.41) is 8.78. The molecule has 10 nitrogen and oxygen atoms in total. The summed E-state index contributed by atoms with van der Waals surface area (Å²) in [7, 11) is 1.83. The van der Waals surface area contributed by atoms with Crippen molar-refractivity contribution in [3.63, 3.8) is 0 Å². The molecule has 5 heterocycles. The molecule has 1 spiro atoms. The van der Waals surface area contributed by atoms with E-state index in [1.807, 2.05) is 38.1 Å². The number of imide groups is 2. The number of anilines is 1. The van der Waals surface area contributed by atoms with Crippen molar-refractivity contribution in [2.75, 3.05) is 11.4 Å². The van der Waals surface area contributed by atoms with Gasteiger partial charge in [-0.3, -0.25) is 29.9 Å². The van der Waals surface area contributed by atoms with Crippen molar-refractivity contribution >= 4 is 23.5 Å². The van der Waals surface area contributed by atoms with E-state index in [9.17, 15) is 14.4 Å². The van der Waals surface area contributed by atoms with E-state index >= 15 is 0 Å². The summed E-state index contributed by atoms with van der Waals surface area (Å²) in [6.07, 6.45) is 5.01. The SMILES string of the molecule is C[C@@H]1CN2c3cnc(-c4cnn(C)c4)cc3CC3(C(=O)NC(=O)NC3=O)[C@H]2[C@H](C)O1. The van der Waals surface area contributed by atoms with Crippen molar-refractivity contribution in [1.82, 2.24) is 25.4 Å². The van der Waals surface area contributed by atoms with E-state index in [2.05, 4.69) is 20.7 Å². The third kappa shape index (κ3) is 2.56. The van der Waals surface area contributed by atoms with Crippen LogP contribution in [0.4, 0.5) is 10.5 Å². The lowest BCUT2D eigenvalue weighted by atomic mass is 9.66. The first kappa shape index (κ1) is 18.7. The van der Waals surface area contributed by atoms with E-state index in [1.54, 1.807) is 17.1 Å². The number of ether oxygens (including phenoxy) is 1. The largest absolute Gasteiger partial charge is 0.372 e. The van der Waals surface area contributed by atoms with Crippen LogP contribution < -0.4 is 15.5 Å². The zero-order valence-corrected chi connectivity index (χ0v) is 16.9. The Kier molecular flexibility index (Phi) is 3.97. The highest BCUT2D eigenvalue weighted by Crippen LogP contribution is 2.46. The van der Waals surface area contributed by atoms with Gasteiger partial charge in [0.15, 0.2) is 5.41 Å². The molecule has 3 atom stereocenters. The van der Waals surface area contributed by atoms with Gasteiger partial charge in [0.05, 0.1) is 42.0 Å². The first-order valence-corrected chi connectivity index (χ1v) is 9.86. The molecule has 2 fully saturated rings. The van der Waals surface area contributed by atoms with Gasteiger partial charge in [0.25, 0.3) is 0 Å². The molecule has 2 saturated heterocycles. The minimum atomic E-state index is -1.48. The maximum atomic E-state index is 13.1. The highest BCUT2D eigenvalue weighted by molar-refractivity contribution is 6.20. The Morgan fingerprint density at radius 3 is 2.57 bits per heavy atom. The van der Waals surface area contributed by atoms with Crippen LogP contribution in [0.5, 0.6) is 0 Å². The summed E-state index contributed by atoms with van der Waals surface area (Å²) >= 11 is 0. The summed E-state index contributed by atoms with van der Waals surface area (Å²) in [4.78, 5) is 44.7. The average Bonchev–Trinajstić information content (AvgIpc) is 3.11. The van der Waals surface area contributed by atoms with Crippen LogP contribution in [0.25, 0.3) is 11.3 Å². The van der Waals surface area contributed by atoms with Gasteiger partial charge in [-0.25, -0.2) is 4.79 Å². The van der Waals surface area contributed by atoms with Crippen LogP contribution in [0.3, 0.4) is 0 Å². The Balaban J connectivity index is 1.68. The molecule has 5 rings (SSSR count). The fourth-order valence-corrected chi connectivity index (χ4v) is 5.04.